The highest BCUT2D eigenvalue weighted by atomic mass is 16.2. The van der Waals surface area contributed by atoms with Crippen LogP contribution in [-0.4, -0.2) is 40.5 Å². The van der Waals surface area contributed by atoms with Crippen molar-refractivity contribution in [3.8, 4) is 0 Å². The highest BCUT2D eigenvalue weighted by molar-refractivity contribution is 6.05. The molecule has 2 amide bonds. The third-order valence-electron chi connectivity index (χ3n) is 4.83. The van der Waals surface area contributed by atoms with Crippen molar-refractivity contribution in [2.24, 2.45) is 5.92 Å². The number of nitrogens with zero attached hydrogens (tertiary/aromatic N) is 2. The number of hydrogen-bond donors (Lipinski definition) is 0. The lowest BCUT2D eigenvalue weighted by Crippen LogP contribution is -2.62. The van der Waals surface area contributed by atoms with Gasteiger partial charge in [-0.1, -0.05) is 30.3 Å². The van der Waals surface area contributed by atoms with E-state index in [4.69, 9.17) is 0 Å². The summed E-state index contributed by atoms with van der Waals surface area (Å²) in [5.41, 5.74) is 0.570. The fourth-order valence-electron chi connectivity index (χ4n) is 3.34. The summed E-state index contributed by atoms with van der Waals surface area (Å²) in [6.07, 6.45) is 2.61. The first-order valence-corrected chi connectivity index (χ1v) is 7.27. The molecule has 0 unspecified atom stereocenters. The lowest BCUT2D eigenvalue weighted by atomic mass is 9.76. The first-order chi connectivity index (χ1) is 10.5. The summed E-state index contributed by atoms with van der Waals surface area (Å²) in [4.78, 5) is 39.6. The number of aldehydes is 1. The average molecular weight is 298 g/mol. The number of carbonyl (C=O) groups is 3. The van der Waals surface area contributed by atoms with E-state index >= 15 is 0 Å². The number of rotatable bonds is 3. The molecule has 5 nitrogen and oxygen atoms in total. The maximum absolute atomic E-state index is 12.9. The molecule has 114 valence electrons. The smallest absolute Gasteiger partial charge is 0.255 e. The van der Waals surface area contributed by atoms with Gasteiger partial charge in [-0.3, -0.25) is 19.3 Å². The predicted molar refractivity (Wildman–Crippen MR) is 80.4 cm³/mol. The molecule has 0 saturated carbocycles. The zero-order valence-corrected chi connectivity index (χ0v) is 12.7. The largest absolute Gasteiger partial charge is 0.366 e. The molecule has 0 bridgehead atoms. The standard InChI is InChI=1S/C17H18N2O3/c1-17-14(13(11-20)10-18(17)2)8-15(21)19(16(17)22)9-12-6-4-3-5-7-12/h3-7,10-11,14H,8-9H2,1-2H3/t14-,17+/m1/s1. The van der Waals surface area contributed by atoms with E-state index in [2.05, 4.69) is 0 Å². The van der Waals surface area contributed by atoms with Crippen LogP contribution in [0.4, 0.5) is 0 Å². The van der Waals surface area contributed by atoms with Crippen molar-refractivity contribution >= 4 is 18.1 Å². The summed E-state index contributed by atoms with van der Waals surface area (Å²) >= 11 is 0. The molecular formula is C17H18N2O3. The van der Waals surface area contributed by atoms with E-state index in [0.29, 0.717) is 5.57 Å². The second kappa shape index (κ2) is 5.09. The number of carbonyl (C=O) groups excluding carboxylic acids is 3. The minimum absolute atomic E-state index is 0.185. The summed E-state index contributed by atoms with van der Waals surface area (Å²) < 4.78 is 0. The molecule has 0 aliphatic carbocycles. The molecular weight excluding hydrogens is 280 g/mol. The third-order valence-corrected chi connectivity index (χ3v) is 4.83. The number of benzene rings is 1. The van der Waals surface area contributed by atoms with Gasteiger partial charge in [0.2, 0.25) is 5.91 Å². The first kappa shape index (κ1) is 14.5. The van der Waals surface area contributed by atoms with Gasteiger partial charge >= 0.3 is 0 Å². The highest BCUT2D eigenvalue weighted by Gasteiger charge is 2.56. The van der Waals surface area contributed by atoms with Gasteiger partial charge in [-0.2, -0.15) is 0 Å². The fourth-order valence-corrected chi connectivity index (χ4v) is 3.34. The van der Waals surface area contributed by atoms with Crippen LogP contribution in [0.25, 0.3) is 0 Å². The molecule has 1 aromatic carbocycles. The van der Waals surface area contributed by atoms with Crippen molar-refractivity contribution < 1.29 is 14.4 Å². The summed E-state index contributed by atoms with van der Waals surface area (Å²) in [6.45, 7) is 2.07. The second-order valence-corrected chi connectivity index (χ2v) is 6.03. The monoisotopic (exact) mass is 298 g/mol. The number of fused-ring (bicyclic) bond motifs is 1. The lowest BCUT2D eigenvalue weighted by molar-refractivity contribution is -0.159. The van der Waals surface area contributed by atoms with Crippen molar-refractivity contribution in [3.63, 3.8) is 0 Å². The van der Waals surface area contributed by atoms with Crippen molar-refractivity contribution in [2.75, 3.05) is 7.05 Å². The van der Waals surface area contributed by atoms with Crippen molar-refractivity contribution in [2.45, 2.75) is 25.4 Å². The van der Waals surface area contributed by atoms with E-state index in [0.717, 1.165) is 11.8 Å². The molecule has 22 heavy (non-hydrogen) atoms. The number of likely N-dealkylation sites (tertiary alicyclic amines) is 1. The van der Waals surface area contributed by atoms with Gasteiger partial charge in [-0.25, -0.2) is 0 Å². The Hall–Kier alpha value is -2.43. The van der Waals surface area contributed by atoms with Crippen LogP contribution in [0.5, 0.6) is 0 Å². The zero-order chi connectivity index (χ0) is 15.9. The topological polar surface area (TPSA) is 57.7 Å². The Morgan fingerprint density at radius 3 is 2.59 bits per heavy atom. The second-order valence-electron chi connectivity index (χ2n) is 6.03. The van der Waals surface area contributed by atoms with Crippen LogP contribution in [0.3, 0.4) is 0 Å². The normalized spacial score (nSPS) is 27.7. The van der Waals surface area contributed by atoms with Crippen molar-refractivity contribution in [3.05, 3.63) is 47.7 Å². The number of amides is 2. The summed E-state index contributed by atoms with van der Waals surface area (Å²) in [7, 11) is 1.78. The van der Waals surface area contributed by atoms with Gasteiger partial charge < -0.3 is 4.90 Å². The van der Waals surface area contributed by atoms with Crippen LogP contribution >= 0.6 is 0 Å². The number of likely N-dealkylation sites (N-methyl/N-ethyl adjacent to an activating group) is 1. The molecule has 1 saturated heterocycles. The fraction of sp³-hybridized carbons (Fsp3) is 0.353. The molecule has 0 spiro atoms. The molecule has 5 heteroatoms. The molecule has 1 aromatic rings. The van der Waals surface area contributed by atoms with E-state index in [1.165, 1.54) is 4.90 Å². The Bertz CT molecular complexity index is 668. The molecule has 2 heterocycles. The zero-order valence-electron chi connectivity index (χ0n) is 12.7. The molecule has 0 aromatic heterocycles. The Kier molecular flexibility index (Phi) is 3.35. The van der Waals surface area contributed by atoms with Crippen LogP contribution in [0.15, 0.2) is 42.1 Å². The van der Waals surface area contributed by atoms with Gasteiger partial charge in [0.05, 0.1) is 6.54 Å². The van der Waals surface area contributed by atoms with Gasteiger partial charge in [0.25, 0.3) is 5.91 Å². The van der Waals surface area contributed by atoms with Gasteiger partial charge in [-0.05, 0) is 12.5 Å². The molecule has 1 fully saturated rings. The minimum Gasteiger partial charge on any atom is -0.366 e. The van der Waals surface area contributed by atoms with Crippen LogP contribution in [0, 0.1) is 5.92 Å². The summed E-state index contributed by atoms with van der Waals surface area (Å²) in [6, 6.07) is 9.44. The Morgan fingerprint density at radius 2 is 1.95 bits per heavy atom. The third kappa shape index (κ3) is 1.96. The van der Waals surface area contributed by atoms with Crippen molar-refractivity contribution in [1.29, 1.82) is 0 Å². The predicted octanol–water partition coefficient (Wildman–Crippen LogP) is 1.35. The molecule has 2 aliphatic heterocycles. The van der Waals surface area contributed by atoms with Gasteiger partial charge in [0.15, 0.2) is 0 Å². The number of hydrogen-bond acceptors (Lipinski definition) is 4. The van der Waals surface area contributed by atoms with Crippen LogP contribution in [0.2, 0.25) is 0 Å². The SMILES string of the molecule is CN1C=C(C=O)[C@H]2CC(=O)N(Cc3ccccc3)C(=O)[C@]21C. The number of piperidine rings is 1. The maximum Gasteiger partial charge on any atom is 0.255 e. The molecule has 2 aliphatic rings. The van der Waals surface area contributed by atoms with Crippen LogP contribution in [0.1, 0.15) is 18.9 Å². The van der Waals surface area contributed by atoms with Gasteiger partial charge in [0.1, 0.15) is 11.8 Å². The summed E-state index contributed by atoms with van der Waals surface area (Å²) in [5.74, 6) is -0.824. The number of imide groups is 1. The van der Waals surface area contributed by atoms with Crippen molar-refractivity contribution in [1.82, 2.24) is 9.80 Å². The maximum atomic E-state index is 12.9. The lowest BCUT2D eigenvalue weighted by Gasteiger charge is -2.44. The Labute approximate surface area is 129 Å². The Morgan fingerprint density at radius 1 is 1.27 bits per heavy atom. The molecule has 0 N–H and O–H groups in total. The van der Waals surface area contributed by atoms with E-state index in [-0.39, 0.29) is 30.7 Å². The van der Waals surface area contributed by atoms with Gasteiger partial charge in [-0.15, -0.1) is 0 Å². The highest BCUT2D eigenvalue weighted by Crippen LogP contribution is 2.43. The van der Waals surface area contributed by atoms with E-state index in [1.54, 1.807) is 25.1 Å². The summed E-state index contributed by atoms with van der Waals surface area (Å²) in [5, 5.41) is 0. The van der Waals surface area contributed by atoms with E-state index in [9.17, 15) is 14.4 Å². The van der Waals surface area contributed by atoms with Crippen LogP contribution < -0.4 is 0 Å². The minimum atomic E-state index is -0.862. The first-order valence-electron chi connectivity index (χ1n) is 7.27. The van der Waals surface area contributed by atoms with Gasteiger partial charge in [0, 0.05) is 31.2 Å². The average Bonchev–Trinajstić information content (AvgIpc) is 2.77. The quantitative estimate of drug-likeness (QED) is 0.624. The molecule has 2 atom stereocenters. The molecule has 0 radical (unpaired) electrons. The van der Waals surface area contributed by atoms with E-state index < -0.39 is 5.54 Å². The Balaban J connectivity index is 1.92. The molecule has 3 rings (SSSR count). The van der Waals surface area contributed by atoms with Crippen LogP contribution in [-0.2, 0) is 20.9 Å². The van der Waals surface area contributed by atoms with E-state index in [1.807, 2.05) is 30.3 Å².